The minimum Gasteiger partial charge on any atom is -0.358 e. The number of anilines is 7. The van der Waals surface area contributed by atoms with Crippen LogP contribution in [0.1, 0.15) is 25.3 Å². The smallest absolute Gasteiger partial charge is 0.358 e. The summed E-state index contributed by atoms with van der Waals surface area (Å²) in [5.74, 6) is 1.25. The van der Waals surface area contributed by atoms with Crippen LogP contribution in [0.25, 0.3) is 38.8 Å². The van der Waals surface area contributed by atoms with E-state index in [1.54, 1.807) is 0 Å². The number of hydrogen-bond acceptors (Lipinski definition) is 4. The van der Waals surface area contributed by atoms with E-state index in [-0.39, 0.29) is 21.1 Å². The Morgan fingerprint density at radius 3 is 2.09 bits per heavy atom. The first-order valence-electron chi connectivity index (χ1n) is 19.2. The topological polar surface area (TPSA) is 27.5 Å². The monoisotopic (exact) mass is 916 g/mol. The van der Waals surface area contributed by atoms with E-state index in [0.29, 0.717) is 12.6 Å². The van der Waals surface area contributed by atoms with Gasteiger partial charge in [-0.3, -0.25) is 0 Å². The zero-order valence-corrected chi connectivity index (χ0v) is 33.9. The van der Waals surface area contributed by atoms with Crippen LogP contribution in [0.4, 0.5) is 39.8 Å². The molecule has 0 bridgehead atoms. The summed E-state index contributed by atoms with van der Waals surface area (Å²) < 4.78 is 2.26. The van der Waals surface area contributed by atoms with Crippen LogP contribution in [-0.4, -0.2) is 16.2 Å². The maximum absolute atomic E-state index is 4.99. The number of rotatable bonds is 8. The van der Waals surface area contributed by atoms with Crippen molar-refractivity contribution in [1.82, 2.24) is 9.55 Å². The van der Waals surface area contributed by atoms with Crippen LogP contribution in [0.5, 0.6) is 0 Å². The van der Waals surface area contributed by atoms with Crippen molar-refractivity contribution in [2.75, 3.05) is 21.4 Å². The van der Waals surface area contributed by atoms with Gasteiger partial charge in [0.05, 0.1) is 18.0 Å². The van der Waals surface area contributed by atoms with Crippen LogP contribution in [0.3, 0.4) is 0 Å². The Morgan fingerprint density at radius 2 is 1.28 bits per heavy atom. The van der Waals surface area contributed by atoms with Crippen molar-refractivity contribution in [3.63, 3.8) is 0 Å². The normalized spacial score (nSPS) is 12.3. The number of benzene rings is 7. The predicted octanol–water partition coefficient (Wildman–Crippen LogP) is 13.3. The van der Waals surface area contributed by atoms with Gasteiger partial charge in [-0.05, 0) is 82.6 Å². The average Bonchev–Trinajstić information content (AvgIpc) is 3.81. The molecule has 9 aromatic rings. The molecule has 10 rings (SSSR count). The molecule has 278 valence electrons. The van der Waals surface area contributed by atoms with E-state index in [4.69, 9.17) is 4.98 Å². The van der Waals surface area contributed by atoms with Gasteiger partial charge in [0.2, 0.25) is 0 Å². The summed E-state index contributed by atoms with van der Waals surface area (Å²) in [6.45, 7) is 5.18. The second-order valence-corrected chi connectivity index (χ2v) is 14.5. The maximum atomic E-state index is 4.99. The molecule has 1 aliphatic rings. The van der Waals surface area contributed by atoms with Crippen molar-refractivity contribution in [3.8, 4) is 16.9 Å². The molecular weight excluding hydrogens is 878 g/mol. The maximum Gasteiger partial charge on any atom is 2.00 e. The van der Waals surface area contributed by atoms with Gasteiger partial charge in [-0.1, -0.05) is 127 Å². The molecule has 0 aliphatic carbocycles. The molecular formula is C51H39N5Pt. The van der Waals surface area contributed by atoms with Gasteiger partial charge < -0.3 is 19.3 Å². The Kier molecular flexibility index (Phi) is 9.70. The number of fused-ring (bicyclic) bond motifs is 4. The quantitative estimate of drug-likeness (QED) is 0.142. The van der Waals surface area contributed by atoms with E-state index in [1.807, 2.05) is 6.20 Å². The molecule has 0 amide bonds. The van der Waals surface area contributed by atoms with E-state index >= 15 is 0 Å². The Labute approximate surface area is 348 Å². The average molecular weight is 917 g/mol. The summed E-state index contributed by atoms with van der Waals surface area (Å²) in [6, 6.07) is 69.9. The van der Waals surface area contributed by atoms with E-state index in [0.717, 1.165) is 67.3 Å². The molecule has 5 nitrogen and oxygen atoms in total. The number of para-hydroxylation sites is 5. The molecule has 7 aromatic carbocycles. The van der Waals surface area contributed by atoms with Crippen LogP contribution in [-0.2, 0) is 21.1 Å². The second-order valence-electron chi connectivity index (χ2n) is 14.5. The summed E-state index contributed by atoms with van der Waals surface area (Å²) in [4.78, 5) is 11.9. The van der Waals surface area contributed by atoms with Crippen molar-refractivity contribution in [2.24, 2.45) is 0 Å². The number of pyridine rings is 1. The first kappa shape index (κ1) is 36.2. The molecule has 0 unspecified atom stereocenters. The van der Waals surface area contributed by atoms with Crippen molar-refractivity contribution in [3.05, 3.63) is 200 Å². The van der Waals surface area contributed by atoms with Crippen molar-refractivity contribution in [1.29, 1.82) is 0 Å². The molecule has 57 heavy (non-hydrogen) atoms. The standard InChI is InChI=1S/C51H39N5.Pt/c1-36(2)43-22-9-10-23-44(43)37-30-31-52-51(32-37)56-47-25-12-11-24-45(47)46-29-28-42(34-50(46)56)55(39-18-7-4-8-19-39)41-21-15-20-40(33-41)54-35-53(38-16-5-3-6-17-38)48-26-13-14-27-49(48)54;/h3-32,36H,35H2,1-2H3;/q-2;+2. The van der Waals surface area contributed by atoms with Gasteiger partial charge in [0, 0.05) is 23.1 Å². The van der Waals surface area contributed by atoms with Crippen molar-refractivity contribution < 1.29 is 21.1 Å². The Morgan fingerprint density at radius 1 is 0.596 bits per heavy atom. The van der Waals surface area contributed by atoms with Gasteiger partial charge in [-0.25, -0.2) is 4.98 Å². The summed E-state index contributed by atoms with van der Waals surface area (Å²) >= 11 is 0. The third-order valence-electron chi connectivity index (χ3n) is 10.8. The molecule has 3 heterocycles. The largest absolute Gasteiger partial charge is 2.00 e. The molecule has 0 saturated heterocycles. The number of aromatic nitrogens is 2. The van der Waals surface area contributed by atoms with E-state index < -0.39 is 0 Å². The molecule has 6 heteroatoms. The zero-order valence-electron chi connectivity index (χ0n) is 31.7. The molecule has 0 saturated carbocycles. The molecule has 0 atom stereocenters. The molecule has 0 fully saturated rings. The van der Waals surface area contributed by atoms with Gasteiger partial charge in [-0.2, -0.15) is 12.1 Å². The first-order valence-corrected chi connectivity index (χ1v) is 19.2. The third kappa shape index (κ3) is 6.48. The molecule has 2 aromatic heterocycles. The fraction of sp³-hybridized carbons (Fsp3) is 0.0784. The third-order valence-corrected chi connectivity index (χ3v) is 10.8. The summed E-state index contributed by atoms with van der Waals surface area (Å²) in [5.41, 5.74) is 13.1. The van der Waals surface area contributed by atoms with E-state index in [2.05, 4.69) is 221 Å². The minimum atomic E-state index is 0. The molecule has 0 spiro atoms. The second kappa shape index (κ2) is 15.3. The van der Waals surface area contributed by atoms with Crippen LogP contribution >= 0.6 is 0 Å². The van der Waals surface area contributed by atoms with E-state index in [1.165, 1.54) is 16.8 Å². The zero-order chi connectivity index (χ0) is 37.6. The van der Waals surface area contributed by atoms with Crippen molar-refractivity contribution >= 4 is 61.6 Å². The SMILES string of the molecule is CC(C)c1ccccc1-c1ccnc(-n2c3[c-]c(N(c4[c-]c(N5CN(c6ccccc6)c6ccccc65)ccc4)c4ccccc4)ccc3c3ccccc32)c1.[Pt+2]. The fourth-order valence-electron chi connectivity index (χ4n) is 8.19. The number of hydrogen-bond donors (Lipinski definition) is 0. The molecule has 1 aliphatic heterocycles. The van der Waals surface area contributed by atoms with Crippen LogP contribution in [0, 0.1) is 12.1 Å². The van der Waals surface area contributed by atoms with Gasteiger partial charge >= 0.3 is 21.1 Å². The van der Waals surface area contributed by atoms with Gasteiger partial charge in [-0.15, -0.1) is 35.7 Å². The minimum absolute atomic E-state index is 0. The van der Waals surface area contributed by atoms with Crippen LogP contribution < -0.4 is 14.7 Å². The van der Waals surface area contributed by atoms with Crippen LogP contribution in [0.2, 0.25) is 0 Å². The fourth-order valence-corrected chi connectivity index (χ4v) is 8.19. The Bertz CT molecular complexity index is 2850. The van der Waals surface area contributed by atoms with Gasteiger partial charge in [0.1, 0.15) is 5.82 Å². The summed E-state index contributed by atoms with van der Waals surface area (Å²) in [5, 5.41) is 2.29. The predicted molar refractivity (Wildman–Crippen MR) is 232 cm³/mol. The van der Waals surface area contributed by atoms with Crippen molar-refractivity contribution in [2.45, 2.75) is 19.8 Å². The Balaban J connectivity index is 0.00000422. The van der Waals surface area contributed by atoms with Crippen LogP contribution in [0.15, 0.2) is 182 Å². The Hall–Kier alpha value is -6.42. The van der Waals surface area contributed by atoms with E-state index in [9.17, 15) is 0 Å². The van der Waals surface area contributed by atoms with Gasteiger partial charge in [0.15, 0.2) is 0 Å². The molecule has 0 radical (unpaired) electrons. The first-order chi connectivity index (χ1) is 27.6. The summed E-state index contributed by atoms with van der Waals surface area (Å²) in [7, 11) is 0. The van der Waals surface area contributed by atoms with Gasteiger partial charge in [0.25, 0.3) is 0 Å². The summed E-state index contributed by atoms with van der Waals surface area (Å²) in [6.07, 6.45) is 1.93. The number of nitrogens with zero attached hydrogens (tertiary/aromatic N) is 5. The molecule has 0 N–H and O–H groups in total.